The lowest BCUT2D eigenvalue weighted by molar-refractivity contribution is -0.142. The second-order valence-electron chi connectivity index (χ2n) is 3.63. The molecule has 0 N–H and O–H groups in total. The van der Waals surface area contributed by atoms with Gasteiger partial charge in [-0.05, 0) is 5.92 Å². The quantitative estimate of drug-likeness (QED) is 0.618. The Morgan fingerprint density at radius 1 is 1.73 bits per heavy atom. The zero-order chi connectivity index (χ0) is 8.65. The molecule has 1 fully saturated rings. The molecule has 0 spiro atoms. The Labute approximate surface area is 77.1 Å². The average Bonchev–Trinajstić information content (AvgIpc) is 1.98. The number of ketones is 1. The van der Waals surface area contributed by atoms with Crippen LogP contribution in [0.2, 0.25) is 0 Å². The van der Waals surface area contributed by atoms with E-state index < -0.39 is 0 Å². The lowest BCUT2D eigenvalue weighted by atomic mass is 9.60. The third-order valence-corrected chi connectivity index (χ3v) is 3.58. The van der Waals surface area contributed by atoms with Crippen molar-refractivity contribution in [1.29, 1.82) is 0 Å². The van der Waals surface area contributed by atoms with Crippen LogP contribution >= 0.6 is 23.2 Å². The van der Waals surface area contributed by atoms with Gasteiger partial charge in [-0.3, -0.25) is 4.79 Å². The SMILES string of the molecule is CC1(C)C(=O)CC1C(Cl)CCl. The third kappa shape index (κ3) is 1.41. The van der Waals surface area contributed by atoms with Gasteiger partial charge >= 0.3 is 0 Å². The van der Waals surface area contributed by atoms with E-state index >= 15 is 0 Å². The zero-order valence-electron chi connectivity index (χ0n) is 6.73. The number of hydrogen-bond donors (Lipinski definition) is 0. The minimum absolute atomic E-state index is 0.0515. The molecule has 11 heavy (non-hydrogen) atoms. The number of carbonyl (C=O) groups is 1. The predicted molar refractivity (Wildman–Crippen MR) is 47.3 cm³/mol. The van der Waals surface area contributed by atoms with E-state index in [1.54, 1.807) is 0 Å². The molecule has 0 saturated heterocycles. The van der Waals surface area contributed by atoms with Crippen LogP contribution in [0.15, 0.2) is 0 Å². The number of carbonyl (C=O) groups excluding carboxylic acids is 1. The van der Waals surface area contributed by atoms with Gasteiger partial charge in [-0.25, -0.2) is 0 Å². The molecule has 1 saturated carbocycles. The molecule has 1 aliphatic rings. The molecule has 1 rings (SSSR count). The Kier molecular flexibility index (Phi) is 2.50. The van der Waals surface area contributed by atoms with Crippen LogP contribution in [0.3, 0.4) is 0 Å². The van der Waals surface area contributed by atoms with Gasteiger partial charge in [0.25, 0.3) is 0 Å². The molecule has 1 nitrogen and oxygen atoms in total. The van der Waals surface area contributed by atoms with Crippen LogP contribution in [0, 0.1) is 11.3 Å². The van der Waals surface area contributed by atoms with E-state index in [1.165, 1.54) is 0 Å². The second-order valence-corrected chi connectivity index (χ2v) is 4.49. The van der Waals surface area contributed by atoms with Gasteiger partial charge in [0, 0.05) is 17.7 Å². The first-order chi connectivity index (χ1) is 5.00. The second kappa shape index (κ2) is 2.95. The molecule has 0 aromatic carbocycles. The molecular formula is C8H12Cl2O. The minimum atomic E-state index is -0.235. The van der Waals surface area contributed by atoms with Crippen LogP contribution < -0.4 is 0 Å². The van der Waals surface area contributed by atoms with E-state index in [2.05, 4.69) is 0 Å². The van der Waals surface area contributed by atoms with Crippen LogP contribution in [0.5, 0.6) is 0 Å². The maximum absolute atomic E-state index is 11.1. The van der Waals surface area contributed by atoms with Gasteiger partial charge in [-0.1, -0.05) is 13.8 Å². The van der Waals surface area contributed by atoms with Gasteiger partial charge in [-0.15, -0.1) is 23.2 Å². The molecule has 0 aliphatic heterocycles. The highest BCUT2D eigenvalue weighted by Gasteiger charge is 2.49. The highest BCUT2D eigenvalue weighted by Crippen LogP contribution is 2.46. The maximum Gasteiger partial charge on any atom is 0.139 e. The molecule has 2 atom stereocenters. The highest BCUT2D eigenvalue weighted by molar-refractivity contribution is 6.28. The van der Waals surface area contributed by atoms with Crippen molar-refractivity contribution in [1.82, 2.24) is 0 Å². The molecular weight excluding hydrogens is 183 g/mol. The molecule has 0 bridgehead atoms. The monoisotopic (exact) mass is 194 g/mol. The topological polar surface area (TPSA) is 17.1 Å². The van der Waals surface area contributed by atoms with Crippen molar-refractivity contribution in [3.05, 3.63) is 0 Å². The number of halogens is 2. The lowest BCUT2D eigenvalue weighted by Crippen LogP contribution is -2.50. The van der Waals surface area contributed by atoms with Crippen LogP contribution in [-0.2, 0) is 4.79 Å². The van der Waals surface area contributed by atoms with Gasteiger partial charge in [-0.2, -0.15) is 0 Å². The molecule has 0 aromatic rings. The summed E-state index contributed by atoms with van der Waals surface area (Å²) in [7, 11) is 0. The highest BCUT2D eigenvalue weighted by atomic mass is 35.5. The summed E-state index contributed by atoms with van der Waals surface area (Å²) in [5.41, 5.74) is -0.235. The number of alkyl halides is 2. The van der Waals surface area contributed by atoms with E-state index in [9.17, 15) is 4.79 Å². The van der Waals surface area contributed by atoms with Crippen LogP contribution in [0.4, 0.5) is 0 Å². The zero-order valence-corrected chi connectivity index (χ0v) is 8.24. The fraction of sp³-hybridized carbons (Fsp3) is 0.875. The number of rotatable bonds is 2. The van der Waals surface area contributed by atoms with Crippen molar-refractivity contribution < 1.29 is 4.79 Å². The minimum Gasteiger partial charge on any atom is -0.299 e. The van der Waals surface area contributed by atoms with Gasteiger partial charge < -0.3 is 0 Å². The van der Waals surface area contributed by atoms with Crippen molar-refractivity contribution in [3.63, 3.8) is 0 Å². The van der Waals surface area contributed by atoms with Crippen molar-refractivity contribution in [2.75, 3.05) is 5.88 Å². The maximum atomic E-state index is 11.1. The molecule has 2 unspecified atom stereocenters. The van der Waals surface area contributed by atoms with Crippen molar-refractivity contribution in [3.8, 4) is 0 Å². The Morgan fingerprint density at radius 3 is 2.55 bits per heavy atom. The number of Topliss-reactive ketones (excluding diaryl/α,β-unsaturated/α-hetero) is 1. The summed E-state index contributed by atoms with van der Waals surface area (Å²) in [5, 5.41) is -0.0515. The van der Waals surface area contributed by atoms with Gasteiger partial charge in [0.05, 0.1) is 5.38 Å². The summed E-state index contributed by atoms with van der Waals surface area (Å²) in [5.74, 6) is 1.01. The van der Waals surface area contributed by atoms with Gasteiger partial charge in [0.15, 0.2) is 0 Å². The molecule has 3 heteroatoms. The largest absolute Gasteiger partial charge is 0.299 e. The Bertz CT molecular complexity index is 177. The standard InChI is InChI=1S/C8H12Cl2O/c1-8(2)5(3-7(8)11)6(10)4-9/h5-6H,3-4H2,1-2H3. The van der Waals surface area contributed by atoms with E-state index in [4.69, 9.17) is 23.2 Å². The molecule has 0 amide bonds. The van der Waals surface area contributed by atoms with Crippen LogP contribution in [0.25, 0.3) is 0 Å². The summed E-state index contributed by atoms with van der Waals surface area (Å²) in [4.78, 5) is 11.1. The summed E-state index contributed by atoms with van der Waals surface area (Å²) in [6.45, 7) is 3.87. The lowest BCUT2D eigenvalue weighted by Gasteiger charge is -2.44. The van der Waals surface area contributed by atoms with Crippen molar-refractivity contribution >= 4 is 29.0 Å². The summed E-state index contributed by atoms with van der Waals surface area (Å²) in [6, 6.07) is 0. The third-order valence-electron chi connectivity index (χ3n) is 2.63. The molecule has 0 radical (unpaired) electrons. The first kappa shape index (κ1) is 9.34. The molecule has 1 aliphatic carbocycles. The van der Waals surface area contributed by atoms with Gasteiger partial charge in [0.2, 0.25) is 0 Å². The average molecular weight is 195 g/mol. The van der Waals surface area contributed by atoms with Crippen LogP contribution in [0.1, 0.15) is 20.3 Å². The summed E-state index contributed by atoms with van der Waals surface area (Å²) >= 11 is 11.5. The molecule has 0 aromatic heterocycles. The fourth-order valence-electron chi connectivity index (χ4n) is 1.48. The Hall–Kier alpha value is 0.250. The molecule has 64 valence electrons. The number of hydrogen-bond acceptors (Lipinski definition) is 1. The smallest absolute Gasteiger partial charge is 0.139 e. The van der Waals surface area contributed by atoms with Crippen molar-refractivity contribution in [2.45, 2.75) is 25.6 Å². The first-order valence-corrected chi connectivity index (χ1v) is 4.70. The van der Waals surface area contributed by atoms with E-state index in [-0.39, 0.29) is 16.7 Å². The van der Waals surface area contributed by atoms with Crippen LogP contribution in [-0.4, -0.2) is 17.0 Å². The Morgan fingerprint density at radius 2 is 2.27 bits per heavy atom. The van der Waals surface area contributed by atoms with E-state index in [0.29, 0.717) is 18.1 Å². The summed E-state index contributed by atoms with van der Waals surface area (Å²) in [6.07, 6.45) is 0.605. The fourth-order valence-corrected chi connectivity index (χ4v) is 2.10. The first-order valence-electron chi connectivity index (χ1n) is 3.73. The van der Waals surface area contributed by atoms with Crippen molar-refractivity contribution in [2.24, 2.45) is 11.3 Å². The summed E-state index contributed by atoms with van der Waals surface area (Å²) < 4.78 is 0. The van der Waals surface area contributed by atoms with E-state index in [1.807, 2.05) is 13.8 Å². The predicted octanol–water partition coefficient (Wildman–Crippen LogP) is 2.45. The van der Waals surface area contributed by atoms with E-state index in [0.717, 1.165) is 0 Å². The molecule has 0 heterocycles. The normalized spacial score (nSPS) is 31.3. The van der Waals surface area contributed by atoms with Gasteiger partial charge in [0.1, 0.15) is 5.78 Å². The Balaban J connectivity index is 2.59.